The van der Waals surface area contributed by atoms with Gasteiger partial charge in [-0.1, -0.05) is 30.0 Å². The zero-order valence-corrected chi connectivity index (χ0v) is 15.7. The largest absolute Gasteiger partial charge is 0.341 e. The van der Waals surface area contributed by atoms with Crippen LogP contribution in [-0.2, 0) is 21.7 Å². The van der Waals surface area contributed by atoms with Crippen molar-refractivity contribution in [2.24, 2.45) is 7.05 Å². The van der Waals surface area contributed by atoms with Crippen LogP contribution in [0.25, 0.3) is 0 Å². The molecular formula is C15H18FN5O3S2. The maximum absolute atomic E-state index is 14.1. The van der Waals surface area contributed by atoms with Crippen LogP contribution < -0.4 is 0 Å². The summed E-state index contributed by atoms with van der Waals surface area (Å²) < 4.78 is 40.7. The second-order valence-electron chi connectivity index (χ2n) is 5.92. The van der Waals surface area contributed by atoms with Gasteiger partial charge in [-0.25, -0.2) is 17.5 Å². The molecule has 1 fully saturated rings. The average Bonchev–Trinajstić information content (AvgIpc) is 2.94. The number of aromatic nitrogens is 4. The molecule has 1 saturated heterocycles. The molecule has 1 amide bonds. The van der Waals surface area contributed by atoms with Crippen molar-refractivity contribution < 1.29 is 17.6 Å². The van der Waals surface area contributed by atoms with Crippen molar-refractivity contribution in [3.05, 3.63) is 35.6 Å². The SMILES string of the molecule is Cn1nnnc1SCC(=O)N1CCC(c2ccccc2F)S(=O)(=O)CC1. The molecule has 2 heterocycles. The van der Waals surface area contributed by atoms with E-state index >= 15 is 0 Å². The van der Waals surface area contributed by atoms with E-state index in [0.29, 0.717) is 5.16 Å². The Morgan fingerprint density at radius 3 is 2.81 bits per heavy atom. The van der Waals surface area contributed by atoms with E-state index in [-0.39, 0.29) is 42.5 Å². The molecule has 1 aliphatic heterocycles. The molecule has 1 aliphatic rings. The van der Waals surface area contributed by atoms with Crippen LogP contribution >= 0.6 is 11.8 Å². The Bertz CT molecular complexity index is 902. The van der Waals surface area contributed by atoms with Gasteiger partial charge < -0.3 is 4.90 Å². The predicted molar refractivity (Wildman–Crippen MR) is 93.6 cm³/mol. The molecule has 2 aromatic rings. The van der Waals surface area contributed by atoms with E-state index in [9.17, 15) is 17.6 Å². The van der Waals surface area contributed by atoms with Gasteiger partial charge in [-0.3, -0.25) is 4.79 Å². The lowest BCUT2D eigenvalue weighted by Crippen LogP contribution is -2.34. The highest BCUT2D eigenvalue weighted by Gasteiger charge is 2.34. The van der Waals surface area contributed by atoms with Crippen LogP contribution in [0.15, 0.2) is 29.4 Å². The van der Waals surface area contributed by atoms with E-state index in [2.05, 4.69) is 15.5 Å². The Labute approximate surface area is 154 Å². The minimum absolute atomic E-state index is 0.101. The number of sulfone groups is 1. The number of thioether (sulfide) groups is 1. The number of carbonyl (C=O) groups is 1. The van der Waals surface area contributed by atoms with E-state index in [4.69, 9.17) is 0 Å². The maximum atomic E-state index is 14.1. The van der Waals surface area contributed by atoms with Gasteiger partial charge in [0.05, 0.1) is 16.8 Å². The van der Waals surface area contributed by atoms with E-state index in [0.717, 1.165) is 0 Å². The number of rotatable bonds is 4. The second-order valence-corrected chi connectivity index (χ2v) is 9.17. The third kappa shape index (κ3) is 4.04. The molecule has 0 saturated carbocycles. The van der Waals surface area contributed by atoms with Gasteiger partial charge in [-0.2, -0.15) is 0 Å². The van der Waals surface area contributed by atoms with Gasteiger partial charge in [0.15, 0.2) is 9.84 Å². The summed E-state index contributed by atoms with van der Waals surface area (Å²) in [6, 6.07) is 5.89. The average molecular weight is 399 g/mol. The Morgan fingerprint density at radius 1 is 1.35 bits per heavy atom. The molecule has 140 valence electrons. The molecule has 26 heavy (non-hydrogen) atoms. The number of hydrogen-bond acceptors (Lipinski definition) is 7. The molecule has 1 atom stereocenters. The molecule has 3 rings (SSSR count). The molecule has 11 heteroatoms. The van der Waals surface area contributed by atoms with Crippen molar-refractivity contribution in [2.45, 2.75) is 16.8 Å². The van der Waals surface area contributed by atoms with Crippen LogP contribution in [0.3, 0.4) is 0 Å². The lowest BCUT2D eigenvalue weighted by molar-refractivity contribution is -0.128. The summed E-state index contributed by atoms with van der Waals surface area (Å²) >= 11 is 1.19. The molecule has 1 aromatic heterocycles. The minimum atomic E-state index is -3.54. The van der Waals surface area contributed by atoms with Gasteiger partial charge in [0.2, 0.25) is 11.1 Å². The first-order valence-corrected chi connectivity index (χ1v) is 10.7. The van der Waals surface area contributed by atoms with Crippen LogP contribution in [0, 0.1) is 5.82 Å². The highest BCUT2D eigenvalue weighted by Crippen LogP contribution is 2.31. The van der Waals surface area contributed by atoms with Crippen LogP contribution in [0.5, 0.6) is 0 Å². The number of amides is 1. The zero-order chi connectivity index (χ0) is 18.7. The lowest BCUT2D eigenvalue weighted by Gasteiger charge is -2.19. The van der Waals surface area contributed by atoms with Gasteiger partial charge in [0.25, 0.3) is 0 Å². The number of benzene rings is 1. The molecule has 0 N–H and O–H groups in total. The predicted octanol–water partition coefficient (Wildman–Crippen LogP) is 0.830. The van der Waals surface area contributed by atoms with E-state index < -0.39 is 20.9 Å². The fourth-order valence-electron chi connectivity index (χ4n) is 2.84. The van der Waals surface area contributed by atoms with Crippen molar-refractivity contribution in [3.63, 3.8) is 0 Å². The minimum Gasteiger partial charge on any atom is -0.341 e. The second kappa shape index (κ2) is 7.70. The van der Waals surface area contributed by atoms with Crippen molar-refractivity contribution >= 4 is 27.5 Å². The summed E-state index contributed by atoms with van der Waals surface area (Å²) in [4.78, 5) is 13.9. The van der Waals surface area contributed by atoms with Gasteiger partial charge >= 0.3 is 0 Å². The van der Waals surface area contributed by atoms with Crippen molar-refractivity contribution in [1.82, 2.24) is 25.1 Å². The van der Waals surface area contributed by atoms with Gasteiger partial charge in [0.1, 0.15) is 5.82 Å². The number of nitrogens with zero attached hydrogens (tertiary/aromatic N) is 5. The summed E-state index contributed by atoms with van der Waals surface area (Å²) in [6.07, 6.45) is 0.172. The summed E-state index contributed by atoms with van der Waals surface area (Å²) in [5, 5.41) is 10.6. The molecule has 0 aliphatic carbocycles. The maximum Gasteiger partial charge on any atom is 0.233 e. The standard InChI is InChI=1S/C15H18FN5O3S2/c1-20-15(17-18-19-20)25-10-14(22)21-7-6-13(26(23,24)9-8-21)11-4-2-3-5-12(11)16/h2-5,13H,6-10H2,1H3. The zero-order valence-electron chi connectivity index (χ0n) is 14.1. The Kier molecular flexibility index (Phi) is 5.56. The van der Waals surface area contributed by atoms with E-state index in [1.165, 1.54) is 39.5 Å². The summed E-state index contributed by atoms with van der Waals surface area (Å²) in [5.74, 6) is -0.805. The first-order valence-electron chi connectivity index (χ1n) is 7.97. The number of hydrogen-bond donors (Lipinski definition) is 0. The first kappa shape index (κ1) is 18.8. The Morgan fingerprint density at radius 2 is 2.12 bits per heavy atom. The molecule has 0 spiro atoms. The highest BCUT2D eigenvalue weighted by molar-refractivity contribution is 7.99. The van der Waals surface area contributed by atoms with Crippen LogP contribution in [0.1, 0.15) is 17.2 Å². The Balaban J connectivity index is 1.69. The van der Waals surface area contributed by atoms with Crippen molar-refractivity contribution in [2.75, 3.05) is 24.6 Å². The summed E-state index contributed by atoms with van der Waals surface area (Å²) in [7, 11) is -1.87. The van der Waals surface area contributed by atoms with Crippen molar-refractivity contribution in [1.29, 1.82) is 0 Å². The third-order valence-electron chi connectivity index (χ3n) is 4.25. The van der Waals surface area contributed by atoms with Crippen LogP contribution in [0.2, 0.25) is 0 Å². The molecule has 0 radical (unpaired) electrons. The summed E-state index contributed by atoms with van der Waals surface area (Å²) in [5.41, 5.74) is 0.168. The molecule has 1 aromatic carbocycles. The molecular weight excluding hydrogens is 381 g/mol. The molecule has 1 unspecified atom stereocenters. The number of tetrazole rings is 1. The Hall–Kier alpha value is -2.01. The fourth-order valence-corrected chi connectivity index (χ4v) is 5.39. The number of aryl methyl sites for hydroxylation is 1. The van der Waals surface area contributed by atoms with E-state index in [1.807, 2.05) is 0 Å². The first-order chi connectivity index (χ1) is 12.4. The normalized spacial score (nSPS) is 19.9. The summed E-state index contributed by atoms with van der Waals surface area (Å²) in [6.45, 7) is 0.360. The fraction of sp³-hybridized carbons (Fsp3) is 0.467. The molecule has 8 nitrogen and oxygen atoms in total. The van der Waals surface area contributed by atoms with Gasteiger partial charge in [0, 0.05) is 25.7 Å². The number of halogens is 1. The lowest BCUT2D eigenvalue weighted by atomic mass is 10.1. The van der Waals surface area contributed by atoms with Crippen molar-refractivity contribution in [3.8, 4) is 0 Å². The number of carbonyl (C=O) groups excluding carboxylic acids is 1. The van der Waals surface area contributed by atoms with Crippen LogP contribution in [-0.4, -0.2) is 64.0 Å². The van der Waals surface area contributed by atoms with Crippen LogP contribution in [0.4, 0.5) is 4.39 Å². The third-order valence-corrected chi connectivity index (χ3v) is 7.35. The monoisotopic (exact) mass is 399 g/mol. The van der Waals surface area contributed by atoms with Gasteiger partial charge in [-0.15, -0.1) is 5.10 Å². The smallest absolute Gasteiger partial charge is 0.233 e. The highest BCUT2D eigenvalue weighted by atomic mass is 32.2. The quantitative estimate of drug-likeness (QED) is 0.702. The van der Waals surface area contributed by atoms with E-state index in [1.54, 1.807) is 13.1 Å². The topological polar surface area (TPSA) is 98.1 Å². The van der Waals surface area contributed by atoms with Gasteiger partial charge in [-0.05, 0) is 22.9 Å². The molecule has 0 bridgehead atoms.